The highest BCUT2D eigenvalue weighted by Gasteiger charge is 2.31. The van der Waals surface area contributed by atoms with Crippen LogP contribution in [0.3, 0.4) is 0 Å². The molecule has 23 heavy (non-hydrogen) atoms. The van der Waals surface area contributed by atoms with Crippen LogP contribution in [0.1, 0.15) is 41.0 Å². The number of hydrogen-bond acceptors (Lipinski definition) is 5. The number of aliphatic hydroxyl groups is 1. The van der Waals surface area contributed by atoms with Crippen molar-refractivity contribution in [2.24, 2.45) is 17.6 Å². The Kier molecular flexibility index (Phi) is 8.78. The molecule has 0 radical (unpaired) electrons. The second kappa shape index (κ2) is 9.46. The van der Waals surface area contributed by atoms with E-state index in [4.69, 9.17) is 5.73 Å². The molecule has 0 aliphatic heterocycles. The van der Waals surface area contributed by atoms with Gasteiger partial charge in [0.05, 0.1) is 6.10 Å². The minimum atomic E-state index is -1.16. The number of aliphatic carboxylic acids is 1. The van der Waals surface area contributed by atoms with E-state index in [-0.39, 0.29) is 18.3 Å². The van der Waals surface area contributed by atoms with Crippen molar-refractivity contribution in [3.8, 4) is 0 Å². The van der Waals surface area contributed by atoms with E-state index in [1.807, 2.05) is 13.8 Å². The first-order chi connectivity index (χ1) is 10.5. The molecule has 0 spiro atoms. The van der Waals surface area contributed by atoms with Crippen molar-refractivity contribution >= 4 is 17.8 Å². The zero-order valence-corrected chi connectivity index (χ0v) is 14.4. The van der Waals surface area contributed by atoms with Gasteiger partial charge in [0.25, 0.3) is 0 Å². The Hall–Kier alpha value is -1.67. The first-order valence-corrected chi connectivity index (χ1v) is 7.74. The highest BCUT2D eigenvalue weighted by Crippen LogP contribution is 2.08. The van der Waals surface area contributed by atoms with Gasteiger partial charge in [-0.15, -0.1) is 0 Å². The van der Waals surface area contributed by atoms with Gasteiger partial charge in [0.15, 0.2) is 0 Å². The van der Waals surface area contributed by atoms with Crippen LogP contribution in [-0.4, -0.2) is 52.2 Å². The third-order valence-electron chi connectivity index (χ3n) is 3.39. The summed E-state index contributed by atoms with van der Waals surface area (Å²) < 4.78 is 0. The Labute approximate surface area is 136 Å². The van der Waals surface area contributed by atoms with Gasteiger partial charge < -0.3 is 26.6 Å². The van der Waals surface area contributed by atoms with Crippen LogP contribution in [0, 0.1) is 11.8 Å². The highest BCUT2D eigenvalue weighted by atomic mass is 16.4. The summed E-state index contributed by atoms with van der Waals surface area (Å²) in [5.74, 6) is -2.55. The Morgan fingerprint density at radius 2 is 1.52 bits per heavy atom. The molecule has 6 N–H and O–H groups in total. The third kappa shape index (κ3) is 7.43. The van der Waals surface area contributed by atoms with Crippen molar-refractivity contribution in [3.63, 3.8) is 0 Å². The van der Waals surface area contributed by atoms with Crippen LogP contribution in [-0.2, 0) is 14.4 Å². The van der Waals surface area contributed by atoms with E-state index in [2.05, 4.69) is 10.6 Å². The highest BCUT2D eigenvalue weighted by molar-refractivity contribution is 5.92. The summed E-state index contributed by atoms with van der Waals surface area (Å²) in [6.07, 6.45) is -0.772. The van der Waals surface area contributed by atoms with Gasteiger partial charge in [0.1, 0.15) is 18.1 Å². The van der Waals surface area contributed by atoms with Gasteiger partial charge in [-0.3, -0.25) is 9.59 Å². The van der Waals surface area contributed by atoms with Crippen molar-refractivity contribution in [3.05, 3.63) is 0 Å². The first kappa shape index (κ1) is 21.3. The van der Waals surface area contributed by atoms with E-state index in [1.165, 1.54) is 6.92 Å². The quantitative estimate of drug-likeness (QED) is 0.384. The van der Waals surface area contributed by atoms with E-state index < -0.39 is 42.0 Å². The maximum atomic E-state index is 12.3. The predicted molar refractivity (Wildman–Crippen MR) is 85.4 cm³/mol. The molecule has 0 unspecified atom stereocenters. The van der Waals surface area contributed by atoms with Crippen LogP contribution in [0.15, 0.2) is 0 Å². The maximum absolute atomic E-state index is 12.3. The second-order valence-electron chi connectivity index (χ2n) is 6.53. The van der Waals surface area contributed by atoms with Crippen molar-refractivity contribution in [1.82, 2.24) is 10.6 Å². The molecule has 0 aromatic carbocycles. The van der Waals surface area contributed by atoms with Gasteiger partial charge in [0, 0.05) is 0 Å². The lowest BCUT2D eigenvalue weighted by Gasteiger charge is -2.26. The number of aliphatic hydroxyl groups excluding tert-OH is 1. The van der Waals surface area contributed by atoms with Gasteiger partial charge in [-0.1, -0.05) is 27.7 Å². The molecule has 0 rings (SSSR count). The molecule has 0 aliphatic carbocycles. The number of carbonyl (C=O) groups is 3. The molecule has 8 nitrogen and oxygen atoms in total. The molecule has 0 aromatic heterocycles. The molecule has 134 valence electrons. The van der Waals surface area contributed by atoms with Gasteiger partial charge >= 0.3 is 5.97 Å². The van der Waals surface area contributed by atoms with Crippen LogP contribution < -0.4 is 16.4 Å². The second-order valence-corrected chi connectivity index (χ2v) is 6.53. The van der Waals surface area contributed by atoms with Crippen LogP contribution in [0.5, 0.6) is 0 Å². The van der Waals surface area contributed by atoms with Crippen LogP contribution in [0.2, 0.25) is 0 Å². The standard InChI is InChI=1S/C15H29N3O5/c1-7(2)6-10(15(22)23)17-14(21)12(8(3)4)18-13(20)11(16)9(5)19/h7-12,19H,6,16H2,1-5H3,(H,17,21)(H,18,20)(H,22,23)/t9-,10-,11-,12+/m1/s1. The van der Waals surface area contributed by atoms with Crippen molar-refractivity contribution in [2.75, 3.05) is 0 Å². The zero-order chi connectivity index (χ0) is 18.3. The number of carboxylic acids is 1. The summed E-state index contributed by atoms with van der Waals surface area (Å²) in [5, 5.41) is 23.4. The average molecular weight is 331 g/mol. The Bertz CT molecular complexity index is 423. The number of amides is 2. The SMILES string of the molecule is CC(C)C[C@@H](NC(=O)[C@@H](NC(=O)[C@H](N)[C@@H](C)O)C(C)C)C(=O)O. The molecule has 8 heteroatoms. The van der Waals surface area contributed by atoms with Gasteiger partial charge in [0.2, 0.25) is 11.8 Å². The lowest BCUT2D eigenvalue weighted by Crippen LogP contribution is -2.58. The Morgan fingerprint density at radius 3 is 1.87 bits per heavy atom. The molecule has 0 aliphatic rings. The van der Waals surface area contributed by atoms with E-state index >= 15 is 0 Å². The molecule has 0 fully saturated rings. The van der Waals surface area contributed by atoms with Gasteiger partial charge in [-0.25, -0.2) is 4.79 Å². The minimum Gasteiger partial charge on any atom is -0.480 e. The summed E-state index contributed by atoms with van der Waals surface area (Å²) in [4.78, 5) is 35.5. The molecule has 0 aromatic rings. The van der Waals surface area contributed by atoms with Crippen molar-refractivity contribution in [1.29, 1.82) is 0 Å². The van der Waals surface area contributed by atoms with Crippen molar-refractivity contribution in [2.45, 2.75) is 65.3 Å². The summed E-state index contributed by atoms with van der Waals surface area (Å²) in [6, 6.07) is -3.11. The molecule has 0 bridgehead atoms. The number of hydrogen-bond donors (Lipinski definition) is 5. The topological polar surface area (TPSA) is 142 Å². The lowest BCUT2D eigenvalue weighted by molar-refractivity contribution is -0.143. The van der Waals surface area contributed by atoms with E-state index in [9.17, 15) is 24.6 Å². The fraction of sp³-hybridized carbons (Fsp3) is 0.800. The molecule has 0 saturated heterocycles. The fourth-order valence-electron chi connectivity index (χ4n) is 1.96. The van der Waals surface area contributed by atoms with Crippen LogP contribution >= 0.6 is 0 Å². The fourth-order valence-corrected chi connectivity index (χ4v) is 1.96. The number of rotatable bonds is 9. The normalized spacial score (nSPS) is 16.6. The smallest absolute Gasteiger partial charge is 0.326 e. The largest absolute Gasteiger partial charge is 0.480 e. The minimum absolute atomic E-state index is 0.0900. The molecule has 4 atom stereocenters. The number of carbonyl (C=O) groups excluding carboxylic acids is 2. The summed E-state index contributed by atoms with van der Waals surface area (Å²) in [7, 11) is 0. The summed E-state index contributed by atoms with van der Waals surface area (Å²) in [5.41, 5.74) is 5.54. The number of carboxylic acid groups (broad SMARTS) is 1. The third-order valence-corrected chi connectivity index (χ3v) is 3.39. The molecule has 0 saturated carbocycles. The molecule has 0 heterocycles. The number of nitrogens with one attached hydrogen (secondary N) is 2. The molecular formula is C15H29N3O5. The average Bonchev–Trinajstić information content (AvgIpc) is 2.41. The molecular weight excluding hydrogens is 302 g/mol. The van der Waals surface area contributed by atoms with Gasteiger partial charge in [-0.2, -0.15) is 0 Å². The Balaban J connectivity index is 4.98. The molecule has 2 amide bonds. The first-order valence-electron chi connectivity index (χ1n) is 7.74. The van der Waals surface area contributed by atoms with E-state index in [1.54, 1.807) is 13.8 Å². The maximum Gasteiger partial charge on any atom is 0.326 e. The van der Waals surface area contributed by atoms with Gasteiger partial charge in [-0.05, 0) is 25.2 Å². The van der Waals surface area contributed by atoms with Crippen LogP contribution in [0.25, 0.3) is 0 Å². The lowest BCUT2D eigenvalue weighted by atomic mass is 10.00. The van der Waals surface area contributed by atoms with Crippen molar-refractivity contribution < 1.29 is 24.6 Å². The summed E-state index contributed by atoms with van der Waals surface area (Å²) in [6.45, 7) is 8.52. The van der Waals surface area contributed by atoms with E-state index in [0.717, 1.165) is 0 Å². The zero-order valence-electron chi connectivity index (χ0n) is 14.4. The predicted octanol–water partition coefficient (Wildman–Crippen LogP) is -0.549. The number of nitrogens with two attached hydrogens (primary N) is 1. The Morgan fingerprint density at radius 1 is 1.00 bits per heavy atom. The summed E-state index contributed by atoms with van der Waals surface area (Å²) >= 11 is 0. The van der Waals surface area contributed by atoms with E-state index in [0.29, 0.717) is 0 Å². The monoisotopic (exact) mass is 331 g/mol. The van der Waals surface area contributed by atoms with Crippen LogP contribution in [0.4, 0.5) is 0 Å².